The average molecular weight is 295 g/mol. The molecule has 0 spiro atoms. The van der Waals surface area contributed by atoms with Crippen LogP contribution in [0.2, 0.25) is 0 Å². The van der Waals surface area contributed by atoms with Gasteiger partial charge in [-0.05, 0) is 49.6 Å². The molecule has 2 rings (SSSR count). The van der Waals surface area contributed by atoms with Gasteiger partial charge in [-0.2, -0.15) is 0 Å². The minimum Gasteiger partial charge on any atom is -0.451 e. The van der Waals surface area contributed by atoms with E-state index in [1.54, 1.807) is 13.8 Å². The predicted molar refractivity (Wildman–Crippen MR) is 74.9 cm³/mol. The lowest BCUT2D eigenvalue weighted by Gasteiger charge is -2.11. The van der Waals surface area contributed by atoms with Gasteiger partial charge in [-0.3, -0.25) is 0 Å². The van der Waals surface area contributed by atoms with Gasteiger partial charge in [0.25, 0.3) is 0 Å². The summed E-state index contributed by atoms with van der Waals surface area (Å²) in [5.74, 6) is -2.69. The lowest BCUT2D eigenvalue weighted by atomic mass is 10.1. The van der Waals surface area contributed by atoms with Crippen molar-refractivity contribution in [2.45, 2.75) is 26.3 Å². The summed E-state index contributed by atoms with van der Waals surface area (Å²) in [5, 5.41) is 0. The van der Waals surface area contributed by atoms with E-state index in [2.05, 4.69) is 0 Å². The normalized spacial score (nSPS) is 12.3. The first kappa shape index (κ1) is 15.4. The van der Waals surface area contributed by atoms with Crippen molar-refractivity contribution in [1.29, 1.82) is 0 Å². The fraction of sp³-hybridized carbons (Fsp3) is 0.250. The largest absolute Gasteiger partial charge is 0.451 e. The maximum atomic E-state index is 13.9. The fourth-order valence-electron chi connectivity index (χ4n) is 1.95. The highest BCUT2D eigenvalue weighted by molar-refractivity contribution is 5.37. The molecule has 0 aliphatic heterocycles. The number of nitrogens with two attached hydrogens (primary N) is 1. The Hall–Kier alpha value is -2.01. The Balaban J connectivity index is 2.29. The zero-order valence-electron chi connectivity index (χ0n) is 11.8. The number of benzene rings is 2. The van der Waals surface area contributed by atoms with Crippen LogP contribution >= 0.6 is 0 Å². The third-order valence-corrected chi connectivity index (χ3v) is 2.98. The molecular weight excluding hydrogens is 279 g/mol. The van der Waals surface area contributed by atoms with Crippen molar-refractivity contribution >= 4 is 0 Å². The number of rotatable bonds is 4. The molecule has 0 heterocycles. The maximum absolute atomic E-state index is 13.9. The zero-order chi connectivity index (χ0) is 15.6. The first-order chi connectivity index (χ1) is 9.86. The van der Waals surface area contributed by atoms with Gasteiger partial charge in [-0.25, -0.2) is 13.2 Å². The molecule has 2 nitrogen and oxygen atoms in total. The van der Waals surface area contributed by atoms with Crippen LogP contribution in [0.15, 0.2) is 30.3 Å². The molecule has 0 saturated heterocycles. The highest BCUT2D eigenvalue weighted by Crippen LogP contribution is 2.29. The molecule has 21 heavy (non-hydrogen) atoms. The van der Waals surface area contributed by atoms with Crippen LogP contribution in [-0.4, -0.2) is 6.04 Å². The molecule has 0 radical (unpaired) electrons. The minimum absolute atomic E-state index is 0.0378. The Kier molecular flexibility index (Phi) is 4.53. The summed E-state index contributed by atoms with van der Waals surface area (Å²) in [4.78, 5) is 0. The monoisotopic (exact) mass is 295 g/mol. The van der Waals surface area contributed by atoms with E-state index in [1.165, 1.54) is 24.3 Å². The molecule has 0 aromatic heterocycles. The van der Waals surface area contributed by atoms with E-state index < -0.39 is 23.2 Å². The van der Waals surface area contributed by atoms with Gasteiger partial charge in [0, 0.05) is 12.1 Å². The standard InChI is InChI=1S/C16H16F3NO/c1-9-3-4-12(8-13(9)17)21-16-14(18)6-11(5-10(2)20)7-15(16)19/h3-4,6-8,10H,5,20H2,1-2H3. The van der Waals surface area contributed by atoms with Crippen LogP contribution in [0.1, 0.15) is 18.1 Å². The van der Waals surface area contributed by atoms with Crippen molar-refractivity contribution < 1.29 is 17.9 Å². The Morgan fingerprint density at radius 1 is 1.05 bits per heavy atom. The first-order valence-electron chi connectivity index (χ1n) is 6.54. The first-order valence-corrected chi connectivity index (χ1v) is 6.54. The summed E-state index contributed by atoms with van der Waals surface area (Å²) in [6.45, 7) is 3.33. The Bertz CT molecular complexity index is 633. The Morgan fingerprint density at radius 2 is 1.67 bits per heavy atom. The van der Waals surface area contributed by atoms with E-state index in [-0.39, 0.29) is 11.8 Å². The highest BCUT2D eigenvalue weighted by Gasteiger charge is 2.15. The summed E-state index contributed by atoms with van der Waals surface area (Å²) in [5.41, 5.74) is 6.47. The van der Waals surface area contributed by atoms with Gasteiger partial charge < -0.3 is 10.5 Å². The number of hydrogen-bond donors (Lipinski definition) is 1. The molecule has 0 aliphatic carbocycles. The lowest BCUT2D eigenvalue weighted by Crippen LogP contribution is -2.18. The van der Waals surface area contributed by atoms with Gasteiger partial charge in [-0.1, -0.05) is 6.07 Å². The maximum Gasteiger partial charge on any atom is 0.198 e. The number of halogens is 3. The highest BCUT2D eigenvalue weighted by atomic mass is 19.1. The van der Waals surface area contributed by atoms with E-state index >= 15 is 0 Å². The molecule has 0 bridgehead atoms. The van der Waals surface area contributed by atoms with Crippen molar-refractivity contribution in [2.75, 3.05) is 0 Å². The molecule has 0 amide bonds. The molecular formula is C16H16F3NO. The van der Waals surface area contributed by atoms with Gasteiger partial charge in [0.2, 0.25) is 0 Å². The molecule has 0 fully saturated rings. The van der Waals surface area contributed by atoms with E-state index in [9.17, 15) is 13.2 Å². The van der Waals surface area contributed by atoms with Crippen LogP contribution in [0.4, 0.5) is 13.2 Å². The van der Waals surface area contributed by atoms with Crippen LogP contribution in [-0.2, 0) is 6.42 Å². The van der Waals surface area contributed by atoms with Crippen molar-refractivity contribution in [3.05, 3.63) is 58.9 Å². The molecule has 2 N–H and O–H groups in total. The number of aryl methyl sites for hydroxylation is 1. The van der Waals surface area contributed by atoms with E-state index in [0.717, 1.165) is 6.07 Å². The van der Waals surface area contributed by atoms with Crippen LogP contribution in [0.5, 0.6) is 11.5 Å². The zero-order valence-corrected chi connectivity index (χ0v) is 11.8. The number of hydrogen-bond acceptors (Lipinski definition) is 2. The van der Waals surface area contributed by atoms with Crippen molar-refractivity contribution in [3.63, 3.8) is 0 Å². The molecule has 1 unspecified atom stereocenters. The smallest absolute Gasteiger partial charge is 0.198 e. The van der Waals surface area contributed by atoms with Crippen molar-refractivity contribution in [2.24, 2.45) is 5.73 Å². The molecule has 1 atom stereocenters. The molecule has 5 heteroatoms. The fourth-order valence-corrected chi connectivity index (χ4v) is 1.95. The van der Waals surface area contributed by atoms with Crippen LogP contribution in [0.3, 0.4) is 0 Å². The van der Waals surface area contributed by atoms with Crippen LogP contribution < -0.4 is 10.5 Å². The van der Waals surface area contributed by atoms with Crippen LogP contribution in [0, 0.1) is 24.4 Å². The van der Waals surface area contributed by atoms with Gasteiger partial charge in [0.05, 0.1) is 0 Å². The summed E-state index contributed by atoms with van der Waals surface area (Å²) in [6, 6.07) is 6.16. The van der Waals surface area contributed by atoms with Crippen molar-refractivity contribution in [3.8, 4) is 11.5 Å². The molecule has 2 aromatic carbocycles. The quantitative estimate of drug-likeness (QED) is 0.922. The topological polar surface area (TPSA) is 35.2 Å². The summed E-state index contributed by atoms with van der Waals surface area (Å²) in [7, 11) is 0. The van der Waals surface area contributed by atoms with Gasteiger partial charge in [0.15, 0.2) is 17.4 Å². The van der Waals surface area contributed by atoms with Crippen molar-refractivity contribution in [1.82, 2.24) is 0 Å². The molecule has 2 aromatic rings. The SMILES string of the molecule is Cc1ccc(Oc2c(F)cc(CC(C)N)cc2F)cc1F. The number of ether oxygens (including phenoxy) is 1. The lowest BCUT2D eigenvalue weighted by molar-refractivity contribution is 0.403. The third-order valence-electron chi connectivity index (χ3n) is 2.98. The second-order valence-electron chi connectivity index (χ2n) is 5.08. The van der Waals surface area contributed by atoms with Crippen LogP contribution in [0.25, 0.3) is 0 Å². The Morgan fingerprint density at radius 3 is 2.19 bits per heavy atom. The molecule has 0 aliphatic rings. The average Bonchev–Trinajstić information content (AvgIpc) is 2.37. The summed E-state index contributed by atoms with van der Waals surface area (Å²) in [6.07, 6.45) is 0.354. The van der Waals surface area contributed by atoms with E-state index in [1.807, 2.05) is 0 Å². The van der Waals surface area contributed by atoms with Gasteiger partial charge in [0.1, 0.15) is 11.6 Å². The third kappa shape index (κ3) is 3.76. The Labute approximate surface area is 121 Å². The second-order valence-corrected chi connectivity index (χ2v) is 5.08. The summed E-state index contributed by atoms with van der Waals surface area (Å²) >= 11 is 0. The predicted octanol–water partition coefficient (Wildman–Crippen LogP) is 4.09. The minimum atomic E-state index is -0.841. The second kappa shape index (κ2) is 6.18. The van der Waals surface area contributed by atoms with Gasteiger partial charge >= 0.3 is 0 Å². The van der Waals surface area contributed by atoms with E-state index in [4.69, 9.17) is 10.5 Å². The van der Waals surface area contributed by atoms with Gasteiger partial charge in [-0.15, -0.1) is 0 Å². The van der Waals surface area contributed by atoms with E-state index in [0.29, 0.717) is 17.5 Å². The molecule has 0 saturated carbocycles. The summed E-state index contributed by atoms with van der Waals surface area (Å²) < 4.78 is 46.4. The molecule has 112 valence electrons.